The fourth-order valence-electron chi connectivity index (χ4n) is 5.55. The minimum atomic E-state index is -0.826. The van der Waals surface area contributed by atoms with Crippen LogP contribution in [0.15, 0.2) is 97.1 Å². The fraction of sp³-hybridized carbons (Fsp3) is 0.268. The number of benzene rings is 4. The van der Waals surface area contributed by atoms with Crippen molar-refractivity contribution in [1.82, 2.24) is 0 Å². The molecule has 0 nitrogen and oxygen atoms in total. The topological polar surface area (TPSA) is 0 Å². The van der Waals surface area contributed by atoms with Gasteiger partial charge in [0.25, 0.3) is 0 Å². The monoisotopic (exact) mass is 726 g/mol. The number of hydrogen-bond donors (Lipinski definition) is 0. The van der Waals surface area contributed by atoms with Crippen molar-refractivity contribution >= 4 is 48.1 Å². The molecule has 232 valence electrons. The molecule has 0 unspecified atom stereocenters. The molecule has 0 amide bonds. The van der Waals surface area contributed by atoms with Crippen molar-refractivity contribution in [3.63, 3.8) is 0 Å². The minimum absolute atomic E-state index is 0.826. The molecule has 0 saturated heterocycles. The van der Waals surface area contributed by atoms with Gasteiger partial charge in [0.1, 0.15) is 0 Å². The summed E-state index contributed by atoms with van der Waals surface area (Å²) in [7, 11) is 11.1. The number of hydrogen-bond acceptors (Lipinski definition) is 0. The van der Waals surface area contributed by atoms with Crippen LogP contribution in [0.1, 0.15) is 54.2 Å². The summed E-state index contributed by atoms with van der Waals surface area (Å²) in [6.45, 7) is 17.4. The zero-order valence-electron chi connectivity index (χ0n) is 28.1. The van der Waals surface area contributed by atoms with Crippen LogP contribution in [0, 0.1) is 34.6 Å². The van der Waals surface area contributed by atoms with E-state index in [1.165, 1.54) is 98.8 Å². The molecule has 0 N–H and O–H groups in total. The summed E-state index contributed by atoms with van der Waals surface area (Å²) in [5.74, 6) is 0. The van der Waals surface area contributed by atoms with Gasteiger partial charge in [-0.05, 0) is 45.2 Å². The van der Waals surface area contributed by atoms with Crippen molar-refractivity contribution in [1.29, 1.82) is 0 Å². The molecule has 6 aromatic carbocycles. The van der Waals surface area contributed by atoms with Crippen molar-refractivity contribution in [2.45, 2.75) is 73.9 Å². The zero-order valence-corrected chi connectivity index (χ0v) is 33.1. The quantitative estimate of drug-likeness (QED) is 0.122. The third-order valence-corrected chi connectivity index (χ3v) is 8.77. The molecule has 0 fully saturated rings. The SMILES string of the molecule is CC[Si]CC.CCc1cc2c(-c3ccc(C)cc3)cc(C)cc2[cH-]1.Cc1ccc(-c2cc(C)cc3[cH-]c(C)cc23)cc1.[Cl][Zr+2][Cl]. The van der Waals surface area contributed by atoms with Crippen molar-refractivity contribution in [3.8, 4) is 22.3 Å². The molecule has 0 aliphatic carbocycles. The van der Waals surface area contributed by atoms with E-state index in [0.29, 0.717) is 0 Å². The maximum atomic E-state index is 4.93. The molecule has 2 radical (unpaired) electrons. The Morgan fingerprint density at radius 1 is 0.556 bits per heavy atom. The average molecular weight is 729 g/mol. The number of halogens is 2. The molecule has 0 aliphatic rings. The van der Waals surface area contributed by atoms with E-state index in [2.05, 4.69) is 152 Å². The second-order valence-electron chi connectivity index (χ2n) is 11.6. The molecule has 0 aliphatic heterocycles. The van der Waals surface area contributed by atoms with E-state index in [0.717, 1.165) is 6.42 Å². The first kappa shape index (κ1) is 37.2. The first-order valence-electron chi connectivity index (χ1n) is 15.8. The van der Waals surface area contributed by atoms with Crippen LogP contribution in [0.3, 0.4) is 0 Å². The van der Waals surface area contributed by atoms with Crippen molar-refractivity contribution in [3.05, 3.63) is 130 Å². The summed E-state index contributed by atoms with van der Waals surface area (Å²) in [6, 6.07) is 38.7. The van der Waals surface area contributed by atoms with Crippen LogP contribution in [0.4, 0.5) is 0 Å². The van der Waals surface area contributed by atoms with Crippen molar-refractivity contribution in [2.24, 2.45) is 0 Å². The average Bonchev–Trinajstić information content (AvgIpc) is 3.61. The van der Waals surface area contributed by atoms with Crippen LogP contribution in [0.2, 0.25) is 12.1 Å². The summed E-state index contributed by atoms with van der Waals surface area (Å²) < 4.78 is 0. The van der Waals surface area contributed by atoms with Gasteiger partial charge in [-0.3, -0.25) is 0 Å². The normalized spacial score (nSPS) is 10.3. The van der Waals surface area contributed by atoms with Gasteiger partial charge in [0.2, 0.25) is 0 Å². The Labute approximate surface area is 293 Å². The molecule has 6 aromatic rings. The third-order valence-electron chi connectivity index (χ3n) is 7.77. The first-order chi connectivity index (χ1) is 21.6. The van der Waals surface area contributed by atoms with E-state index >= 15 is 0 Å². The van der Waals surface area contributed by atoms with E-state index in [1.54, 1.807) is 0 Å². The first-order valence-corrected chi connectivity index (χ1v) is 23.6. The van der Waals surface area contributed by atoms with Crippen molar-refractivity contribution in [2.75, 3.05) is 0 Å². The summed E-state index contributed by atoms with van der Waals surface area (Å²) >= 11 is -0.826. The standard InChI is InChI=1S/C19H19.C18H17.C4H10Si.2ClH.Zr/c1-4-15-11-17-9-14(3)10-18(19(17)12-15)16-7-5-13(2)6-8-16;1-12-4-6-15(7-5-12)17-10-13(2)8-16-9-14(3)11-18(16)17;1-3-5-4-2;;;/h5-12H,4H2,1-3H3;4-11H,1-3H3;3-4H2,1-2H3;2*1H;/q2*-1;;;;+4/p-2. The number of aryl methyl sites for hydroxylation is 6. The Kier molecular flexibility index (Phi) is 15.6. The Bertz CT molecular complexity index is 1760. The van der Waals surface area contributed by atoms with Crippen LogP contribution >= 0.6 is 17.0 Å². The van der Waals surface area contributed by atoms with Gasteiger partial charge in [-0.1, -0.05) is 134 Å². The van der Waals surface area contributed by atoms with Gasteiger partial charge >= 0.3 is 37.9 Å². The van der Waals surface area contributed by atoms with E-state index in [9.17, 15) is 0 Å². The van der Waals surface area contributed by atoms with Crippen molar-refractivity contribution < 1.29 is 20.8 Å². The molecule has 6 rings (SSSR count). The maximum absolute atomic E-state index is 4.93. The van der Waals surface area contributed by atoms with Crippen LogP contribution < -0.4 is 0 Å². The fourth-order valence-corrected chi connectivity index (χ4v) is 6.05. The summed E-state index contributed by atoms with van der Waals surface area (Å²) in [5.41, 5.74) is 13.4. The molecule has 0 aromatic heterocycles. The molecular weight excluding hydrogens is 683 g/mol. The van der Waals surface area contributed by atoms with Crippen LogP contribution in [-0.4, -0.2) is 9.52 Å². The Balaban J connectivity index is 0.000000199. The molecule has 4 heteroatoms. The predicted molar refractivity (Wildman–Crippen MR) is 201 cm³/mol. The Morgan fingerprint density at radius 2 is 0.978 bits per heavy atom. The number of rotatable bonds is 5. The summed E-state index contributed by atoms with van der Waals surface area (Å²) in [4.78, 5) is 0. The predicted octanol–water partition coefficient (Wildman–Crippen LogP) is 13.5. The van der Waals surface area contributed by atoms with Gasteiger partial charge in [-0.15, -0.1) is 56.9 Å². The van der Waals surface area contributed by atoms with Gasteiger partial charge in [0, 0.05) is 9.52 Å². The Hall–Kier alpha value is -2.22. The van der Waals surface area contributed by atoms with E-state index < -0.39 is 20.8 Å². The zero-order chi connectivity index (χ0) is 32.9. The van der Waals surface area contributed by atoms with Crippen LogP contribution in [-0.2, 0) is 27.3 Å². The third kappa shape index (κ3) is 10.9. The summed E-state index contributed by atoms with van der Waals surface area (Å²) in [6.07, 6.45) is 1.10. The van der Waals surface area contributed by atoms with Gasteiger partial charge in [-0.2, -0.15) is 12.1 Å². The van der Waals surface area contributed by atoms with Crippen LogP contribution in [0.5, 0.6) is 0 Å². The number of fused-ring (bicyclic) bond motifs is 2. The van der Waals surface area contributed by atoms with Gasteiger partial charge in [-0.25, -0.2) is 0 Å². The Morgan fingerprint density at radius 3 is 1.38 bits per heavy atom. The van der Waals surface area contributed by atoms with E-state index in [1.807, 2.05) is 0 Å². The molecule has 0 heterocycles. The van der Waals surface area contributed by atoms with Crippen LogP contribution in [0.25, 0.3) is 43.8 Å². The molecule has 45 heavy (non-hydrogen) atoms. The second-order valence-corrected chi connectivity index (χ2v) is 17.3. The second kappa shape index (κ2) is 18.8. The molecule has 0 atom stereocenters. The summed E-state index contributed by atoms with van der Waals surface area (Å²) in [5, 5.41) is 5.46. The van der Waals surface area contributed by atoms with Gasteiger partial charge < -0.3 is 0 Å². The van der Waals surface area contributed by atoms with Gasteiger partial charge in [0.15, 0.2) is 0 Å². The molecule has 0 bridgehead atoms. The molecular formula is C41H46Cl2SiZr. The van der Waals surface area contributed by atoms with Gasteiger partial charge in [0.05, 0.1) is 0 Å². The van der Waals surface area contributed by atoms with E-state index in [4.69, 9.17) is 17.0 Å². The van der Waals surface area contributed by atoms with E-state index in [-0.39, 0.29) is 0 Å². The molecule has 0 spiro atoms. The molecule has 0 saturated carbocycles.